The molecule has 0 radical (unpaired) electrons. The minimum atomic E-state index is 0.595. The van der Waals surface area contributed by atoms with Crippen LogP contribution in [0.5, 0.6) is 0 Å². The van der Waals surface area contributed by atoms with Crippen LogP contribution in [-0.4, -0.2) is 0 Å². The third-order valence-electron chi connectivity index (χ3n) is 3.95. The summed E-state index contributed by atoms with van der Waals surface area (Å²) in [7, 11) is 0. The number of hydrogen-bond acceptors (Lipinski definition) is 0. The number of fused-ring (bicyclic) bond motifs is 1. The fourth-order valence-corrected chi connectivity index (χ4v) is 3.03. The molecule has 0 bridgehead atoms. The van der Waals surface area contributed by atoms with Crippen molar-refractivity contribution in [3.05, 3.63) is 64.7 Å². The molecule has 96 valence electrons. The first kappa shape index (κ1) is 12.2. The van der Waals surface area contributed by atoms with Gasteiger partial charge in [-0.3, -0.25) is 0 Å². The van der Waals surface area contributed by atoms with Crippen LogP contribution in [-0.2, 0) is 6.42 Å². The van der Waals surface area contributed by atoms with Gasteiger partial charge in [-0.2, -0.15) is 0 Å². The van der Waals surface area contributed by atoms with Gasteiger partial charge in [0.15, 0.2) is 0 Å². The SMILES string of the molecule is CC1=Cc2c(-c3ccccc3)ccc(C(C)C)c2C1. The molecule has 1 aliphatic carbocycles. The number of benzene rings is 2. The van der Waals surface area contributed by atoms with Gasteiger partial charge in [0.05, 0.1) is 0 Å². The highest BCUT2D eigenvalue weighted by Crippen LogP contribution is 2.38. The van der Waals surface area contributed by atoms with Gasteiger partial charge in [0.1, 0.15) is 0 Å². The normalized spacial score (nSPS) is 13.6. The van der Waals surface area contributed by atoms with Gasteiger partial charge in [-0.05, 0) is 47.1 Å². The molecule has 0 aliphatic heterocycles. The molecule has 0 spiro atoms. The van der Waals surface area contributed by atoms with E-state index in [1.165, 1.54) is 33.4 Å². The summed E-state index contributed by atoms with van der Waals surface area (Å²) in [6, 6.07) is 15.3. The molecule has 0 aromatic heterocycles. The van der Waals surface area contributed by atoms with E-state index in [1.807, 2.05) is 0 Å². The van der Waals surface area contributed by atoms with Crippen molar-refractivity contribution in [2.45, 2.75) is 33.1 Å². The van der Waals surface area contributed by atoms with Crippen molar-refractivity contribution in [3.63, 3.8) is 0 Å². The van der Waals surface area contributed by atoms with Crippen LogP contribution >= 0.6 is 0 Å². The molecule has 0 saturated heterocycles. The van der Waals surface area contributed by atoms with Crippen LogP contribution in [0.2, 0.25) is 0 Å². The zero-order valence-electron chi connectivity index (χ0n) is 11.9. The maximum atomic E-state index is 2.36. The third kappa shape index (κ3) is 2.12. The lowest BCUT2D eigenvalue weighted by Crippen LogP contribution is -1.98. The first-order chi connectivity index (χ1) is 9.16. The largest absolute Gasteiger partial charge is 0.0683 e. The van der Waals surface area contributed by atoms with Crippen LogP contribution in [0.15, 0.2) is 48.0 Å². The molecule has 0 unspecified atom stereocenters. The summed E-state index contributed by atoms with van der Waals surface area (Å²) in [5.74, 6) is 0.595. The Bertz CT molecular complexity index is 631. The second-order valence-corrected chi connectivity index (χ2v) is 5.78. The molecular weight excluding hydrogens is 228 g/mol. The Morgan fingerprint density at radius 1 is 0.947 bits per heavy atom. The van der Waals surface area contributed by atoms with Gasteiger partial charge in [-0.25, -0.2) is 0 Å². The van der Waals surface area contributed by atoms with Crippen LogP contribution in [0.4, 0.5) is 0 Å². The van der Waals surface area contributed by atoms with Gasteiger partial charge >= 0.3 is 0 Å². The summed E-state index contributed by atoms with van der Waals surface area (Å²) in [6.45, 7) is 6.80. The average Bonchev–Trinajstić information content (AvgIpc) is 2.79. The molecule has 0 heteroatoms. The van der Waals surface area contributed by atoms with Crippen LogP contribution in [0.1, 0.15) is 43.4 Å². The fourth-order valence-electron chi connectivity index (χ4n) is 3.03. The molecule has 0 fully saturated rings. The van der Waals surface area contributed by atoms with E-state index in [0.29, 0.717) is 5.92 Å². The predicted octanol–water partition coefficient (Wildman–Crippen LogP) is 5.44. The van der Waals surface area contributed by atoms with Crippen molar-refractivity contribution in [3.8, 4) is 11.1 Å². The van der Waals surface area contributed by atoms with Crippen molar-refractivity contribution in [2.75, 3.05) is 0 Å². The van der Waals surface area contributed by atoms with Crippen molar-refractivity contribution in [2.24, 2.45) is 0 Å². The lowest BCUT2D eigenvalue weighted by molar-refractivity contribution is 0.849. The Kier molecular flexibility index (Phi) is 3.02. The number of hydrogen-bond donors (Lipinski definition) is 0. The molecule has 3 rings (SSSR count). The number of allylic oxidation sites excluding steroid dienone is 1. The van der Waals surface area contributed by atoms with Crippen molar-refractivity contribution in [1.82, 2.24) is 0 Å². The standard InChI is InChI=1S/C19H20/c1-13(2)16-9-10-17(15-7-5-4-6-8-15)19-12-14(3)11-18(16)19/h4-10,12-13H,11H2,1-3H3. The maximum absolute atomic E-state index is 2.36. The van der Waals surface area contributed by atoms with Gasteiger partial charge in [0.2, 0.25) is 0 Å². The minimum absolute atomic E-state index is 0.595. The Balaban J connectivity index is 2.21. The van der Waals surface area contributed by atoms with Crippen LogP contribution in [0.3, 0.4) is 0 Å². The minimum Gasteiger partial charge on any atom is -0.0683 e. The second-order valence-electron chi connectivity index (χ2n) is 5.78. The molecule has 0 saturated carbocycles. The maximum Gasteiger partial charge on any atom is -0.00575 e. The van der Waals surface area contributed by atoms with Crippen LogP contribution in [0, 0.1) is 0 Å². The summed E-state index contributed by atoms with van der Waals surface area (Å²) in [5.41, 5.74) is 8.64. The lowest BCUT2D eigenvalue weighted by Gasteiger charge is -2.15. The molecule has 1 aliphatic rings. The van der Waals surface area contributed by atoms with E-state index >= 15 is 0 Å². The monoisotopic (exact) mass is 248 g/mol. The summed E-state index contributed by atoms with van der Waals surface area (Å²) >= 11 is 0. The smallest absolute Gasteiger partial charge is 0.00575 e. The molecule has 0 amide bonds. The number of rotatable bonds is 2. The molecular formula is C19H20. The van der Waals surface area contributed by atoms with Crippen molar-refractivity contribution < 1.29 is 0 Å². The Morgan fingerprint density at radius 3 is 2.37 bits per heavy atom. The average molecular weight is 248 g/mol. The molecule has 0 nitrogen and oxygen atoms in total. The topological polar surface area (TPSA) is 0 Å². The highest BCUT2D eigenvalue weighted by molar-refractivity contribution is 5.81. The predicted molar refractivity (Wildman–Crippen MR) is 83.3 cm³/mol. The Morgan fingerprint density at radius 2 is 1.68 bits per heavy atom. The first-order valence-corrected chi connectivity index (χ1v) is 7.05. The lowest BCUT2D eigenvalue weighted by atomic mass is 9.89. The van der Waals surface area contributed by atoms with E-state index in [4.69, 9.17) is 0 Å². The highest BCUT2D eigenvalue weighted by Gasteiger charge is 2.19. The molecule has 0 heterocycles. The van der Waals surface area contributed by atoms with E-state index in [1.54, 1.807) is 0 Å². The van der Waals surface area contributed by atoms with E-state index in [2.05, 4.69) is 69.3 Å². The fraction of sp³-hybridized carbons (Fsp3) is 0.263. The highest BCUT2D eigenvalue weighted by atomic mass is 14.2. The third-order valence-corrected chi connectivity index (χ3v) is 3.95. The summed E-state index contributed by atoms with van der Waals surface area (Å²) in [4.78, 5) is 0. The van der Waals surface area contributed by atoms with Crippen LogP contribution in [0.25, 0.3) is 17.2 Å². The van der Waals surface area contributed by atoms with Gasteiger partial charge in [0, 0.05) is 0 Å². The van der Waals surface area contributed by atoms with E-state index in [-0.39, 0.29) is 0 Å². The Labute approximate surface area is 115 Å². The molecule has 2 aromatic carbocycles. The van der Waals surface area contributed by atoms with Gasteiger partial charge < -0.3 is 0 Å². The summed E-state index contributed by atoms with van der Waals surface area (Å²) < 4.78 is 0. The quantitative estimate of drug-likeness (QED) is 0.664. The van der Waals surface area contributed by atoms with Crippen molar-refractivity contribution in [1.29, 1.82) is 0 Å². The summed E-state index contributed by atoms with van der Waals surface area (Å²) in [5, 5.41) is 0. The second kappa shape index (κ2) is 4.70. The zero-order valence-corrected chi connectivity index (χ0v) is 11.9. The van der Waals surface area contributed by atoms with E-state index < -0.39 is 0 Å². The van der Waals surface area contributed by atoms with E-state index in [9.17, 15) is 0 Å². The zero-order chi connectivity index (χ0) is 13.4. The summed E-state index contributed by atoms with van der Waals surface area (Å²) in [6.07, 6.45) is 3.48. The Hall–Kier alpha value is -1.82. The van der Waals surface area contributed by atoms with Gasteiger partial charge in [-0.15, -0.1) is 0 Å². The van der Waals surface area contributed by atoms with E-state index in [0.717, 1.165) is 6.42 Å². The molecule has 0 atom stereocenters. The van der Waals surface area contributed by atoms with Crippen molar-refractivity contribution >= 4 is 6.08 Å². The molecule has 0 N–H and O–H groups in total. The van der Waals surface area contributed by atoms with Crippen LogP contribution < -0.4 is 0 Å². The van der Waals surface area contributed by atoms with Gasteiger partial charge in [0.25, 0.3) is 0 Å². The first-order valence-electron chi connectivity index (χ1n) is 7.05. The molecule has 19 heavy (non-hydrogen) atoms. The van der Waals surface area contributed by atoms with Gasteiger partial charge in [-0.1, -0.05) is 68.0 Å². The molecule has 2 aromatic rings.